The number of nitrogens with one attached hydrogen (secondary N) is 3. The fraction of sp³-hybridized carbons (Fsp3) is 0.111. The third-order valence-corrected chi connectivity index (χ3v) is 4.86. The lowest BCUT2D eigenvalue weighted by atomic mass is 9.94. The highest BCUT2D eigenvalue weighted by Gasteiger charge is 2.32. The summed E-state index contributed by atoms with van der Waals surface area (Å²) in [6.45, 7) is 1.67. The van der Waals surface area contributed by atoms with Gasteiger partial charge in [-0.15, -0.1) is 0 Å². The second kappa shape index (κ2) is 7.80. The van der Waals surface area contributed by atoms with Crippen LogP contribution in [0, 0.1) is 11.6 Å². The first-order valence-electron chi connectivity index (χ1n) is 7.76. The average Bonchev–Trinajstić information content (AvgIpc) is 2.57. The van der Waals surface area contributed by atoms with E-state index in [-0.39, 0.29) is 11.3 Å². The molecule has 9 heteroatoms. The first kappa shape index (κ1) is 19.5. The number of carbonyl (C=O) groups is 1. The molecule has 3 N–H and O–H groups in total. The van der Waals surface area contributed by atoms with E-state index in [0.717, 1.165) is 12.1 Å². The van der Waals surface area contributed by atoms with Crippen LogP contribution in [0.2, 0.25) is 10.0 Å². The molecule has 1 aliphatic heterocycles. The van der Waals surface area contributed by atoms with E-state index in [1.54, 1.807) is 25.1 Å². The lowest BCUT2D eigenvalue weighted by molar-refractivity contribution is -0.113. The van der Waals surface area contributed by atoms with Crippen LogP contribution in [-0.2, 0) is 4.79 Å². The van der Waals surface area contributed by atoms with Crippen molar-refractivity contribution in [2.24, 2.45) is 0 Å². The largest absolute Gasteiger partial charge is 0.351 e. The minimum absolute atomic E-state index is 0.108. The van der Waals surface area contributed by atoms with Gasteiger partial charge in [0.05, 0.1) is 11.6 Å². The molecule has 1 amide bonds. The van der Waals surface area contributed by atoms with Gasteiger partial charge < -0.3 is 16.0 Å². The number of hydrogen-bond acceptors (Lipinski definition) is 2. The smallest absolute Gasteiger partial charge is 0.255 e. The molecule has 0 bridgehead atoms. The van der Waals surface area contributed by atoms with Gasteiger partial charge >= 0.3 is 0 Å². The molecular formula is C18H13Cl2F2N3OS. The number of benzene rings is 2. The Kier molecular flexibility index (Phi) is 5.64. The van der Waals surface area contributed by atoms with E-state index in [0.29, 0.717) is 26.4 Å². The third kappa shape index (κ3) is 4.05. The Bertz CT molecular complexity index is 961. The van der Waals surface area contributed by atoms with Gasteiger partial charge in [0.25, 0.3) is 5.91 Å². The topological polar surface area (TPSA) is 53.2 Å². The van der Waals surface area contributed by atoms with E-state index >= 15 is 0 Å². The van der Waals surface area contributed by atoms with Crippen LogP contribution < -0.4 is 16.0 Å². The van der Waals surface area contributed by atoms with E-state index in [1.165, 1.54) is 6.07 Å². The van der Waals surface area contributed by atoms with Gasteiger partial charge in [-0.3, -0.25) is 4.79 Å². The average molecular weight is 428 g/mol. The number of anilines is 1. The zero-order chi connectivity index (χ0) is 19.7. The lowest BCUT2D eigenvalue weighted by Crippen LogP contribution is -2.46. The summed E-state index contributed by atoms with van der Waals surface area (Å²) in [5, 5.41) is 9.42. The van der Waals surface area contributed by atoms with Gasteiger partial charge in [0.15, 0.2) is 16.7 Å². The highest BCUT2D eigenvalue weighted by molar-refractivity contribution is 7.80. The summed E-state index contributed by atoms with van der Waals surface area (Å²) in [4.78, 5) is 12.9. The predicted octanol–water partition coefficient (Wildman–Crippen LogP) is 4.70. The Hall–Kier alpha value is -2.22. The van der Waals surface area contributed by atoms with E-state index in [4.69, 9.17) is 35.4 Å². The van der Waals surface area contributed by atoms with Gasteiger partial charge in [0.2, 0.25) is 0 Å². The van der Waals surface area contributed by atoms with Crippen molar-refractivity contribution >= 4 is 52.1 Å². The molecular weight excluding hydrogens is 415 g/mol. The molecule has 2 aromatic rings. The summed E-state index contributed by atoms with van der Waals surface area (Å²) in [5.74, 6) is -2.61. The van der Waals surface area contributed by atoms with Crippen LogP contribution in [0.5, 0.6) is 0 Å². The Morgan fingerprint density at radius 2 is 1.81 bits per heavy atom. The number of hydrogen-bond donors (Lipinski definition) is 3. The molecule has 3 rings (SSSR count). The molecule has 4 nitrogen and oxygen atoms in total. The molecule has 0 unspecified atom stereocenters. The standard InChI is InChI=1S/C18H13Cl2F2N3OS/c1-8-14(17(26)24-9-5-6-12(21)13(22)7-9)16(25-18(27)23-8)15-10(19)3-2-4-11(15)20/h2-7,16H,1H3,(H,24,26)(H2,23,25,27)/t16-/m0/s1. The summed E-state index contributed by atoms with van der Waals surface area (Å²) in [5.41, 5.74) is 1.35. The summed E-state index contributed by atoms with van der Waals surface area (Å²) in [6, 6.07) is 7.36. The maximum atomic E-state index is 13.4. The zero-order valence-corrected chi connectivity index (χ0v) is 16.2. The third-order valence-electron chi connectivity index (χ3n) is 3.98. The van der Waals surface area contributed by atoms with Crippen molar-refractivity contribution in [3.8, 4) is 0 Å². The van der Waals surface area contributed by atoms with E-state index in [9.17, 15) is 13.6 Å². The maximum Gasteiger partial charge on any atom is 0.255 e. The molecule has 0 fully saturated rings. The fourth-order valence-electron chi connectivity index (χ4n) is 2.77. The molecule has 1 heterocycles. The summed E-state index contributed by atoms with van der Waals surface area (Å²) >= 11 is 17.8. The first-order chi connectivity index (χ1) is 12.8. The minimum Gasteiger partial charge on any atom is -0.351 e. The normalized spacial score (nSPS) is 16.6. The van der Waals surface area contributed by atoms with Crippen molar-refractivity contribution in [1.82, 2.24) is 10.6 Å². The van der Waals surface area contributed by atoms with Crippen molar-refractivity contribution in [3.63, 3.8) is 0 Å². The predicted molar refractivity (Wildman–Crippen MR) is 106 cm³/mol. The highest BCUT2D eigenvalue weighted by Crippen LogP contribution is 2.36. The van der Waals surface area contributed by atoms with Crippen LogP contribution in [0.25, 0.3) is 0 Å². The van der Waals surface area contributed by atoms with Crippen LogP contribution in [0.1, 0.15) is 18.5 Å². The fourth-order valence-corrected chi connectivity index (χ4v) is 3.66. The van der Waals surface area contributed by atoms with Crippen molar-refractivity contribution in [2.75, 3.05) is 5.32 Å². The number of thiocarbonyl (C=S) groups is 1. The first-order valence-corrected chi connectivity index (χ1v) is 8.93. The Morgan fingerprint density at radius 3 is 2.44 bits per heavy atom. The molecule has 0 radical (unpaired) electrons. The van der Waals surface area contributed by atoms with Gasteiger partial charge in [-0.2, -0.15) is 0 Å². The van der Waals surface area contributed by atoms with Crippen molar-refractivity contribution in [2.45, 2.75) is 13.0 Å². The number of allylic oxidation sites excluding steroid dienone is 1. The molecule has 2 aromatic carbocycles. The quantitative estimate of drug-likeness (QED) is 0.621. The van der Waals surface area contributed by atoms with Crippen LogP contribution in [0.4, 0.5) is 14.5 Å². The van der Waals surface area contributed by atoms with Gasteiger partial charge in [0, 0.05) is 33.1 Å². The summed E-state index contributed by atoms with van der Waals surface area (Å²) < 4.78 is 26.5. The monoisotopic (exact) mass is 427 g/mol. The SMILES string of the molecule is CC1=C(C(=O)Nc2ccc(F)c(F)c2)[C@@H](c2c(Cl)cccc2Cl)NC(=S)N1. The number of halogens is 4. The molecule has 0 saturated heterocycles. The van der Waals surface area contributed by atoms with Gasteiger partial charge in [-0.05, 0) is 43.4 Å². The molecule has 1 atom stereocenters. The minimum atomic E-state index is -1.06. The lowest BCUT2D eigenvalue weighted by Gasteiger charge is -2.31. The number of rotatable bonds is 3. The van der Waals surface area contributed by atoms with E-state index in [2.05, 4.69) is 16.0 Å². The number of amides is 1. The zero-order valence-electron chi connectivity index (χ0n) is 13.9. The van der Waals surface area contributed by atoms with E-state index < -0.39 is 23.6 Å². The maximum absolute atomic E-state index is 13.4. The Morgan fingerprint density at radius 1 is 1.15 bits per heavy atom. The molecule has 0 aliphatic carbocycles. The second-order valence-electron chi connectivity index (χ2n) is 5.79. The molecule has 0 spiro atoms. The van der Waals surface area contributed by atoms with Crippen molar-refractivity contribution in [1.29, 1.82) is 0 Å². The Balaban J connectivity index is 2.01. The summed E-state index contributed by atoms with van der Waals surface area (Å²) in [6.07, 6.45) is 0. The highest BCUT2D eigenvalue weighted by atomic mass is 35.5. The molecule has 0 aromatic heterocycles. The van der Waals surface area contributed by atoms with E-state index in [1.807, 2.05) is 0 Å². The van der Waals surface area contributed by atoms with Crippen molar-refractivity contribution in [3.05, 3.63) is 74.9 Å². The second-order valence-corrected chi connectivity index (χ2v) is 7.01. The van der Waals surface area contributed by atoms with Gasteiger partial charge in [-0.25, -0.2) is 8.78 Å². The summed E-state index contributed by atoms with van der Waals surface area (Å²) in [7, 11) is 0. The van der Waals surface area contributed by atoms with Crippen LogP contribution in [-0.4, -0.2) is 11.0 Å². The Labute approximate surface area is 169 Å². The molecule has 140 valence electrons. The van der Waals surface area contributed by atoms with Crippen molar-refractivity contribution < 1.29 is 13.6 Å². The van der Waals surface area contributed by atoms with Gasteiger partial charge in [0.1, 0.15) is 0 Å². The van der Waals surface area contributed by atoms with Crippen LogP contribution in [0.15, 0.2) is 47.7 Å². The molecule has 0 saturated carbocycles. The van der Waals surface area contributed by atoms with Crippen LogP contribution >= 0.6 is 35.4 Å². The number of carbonyl (C=O) groups excluding carboxylic acids is 1. The van der Waals surface area contributed by atoms with Crippen LogP contribution in [0.3, 0.4) is 0 Å². The molecule has 1 aliphatic rings. The van der Waals surface area contributed by atoms with Gasteiger partial charge in [-0.1, -0.05) is 29.3 Å². The molecule has 27 heavy (non-hydrogen) atoms.